The molecule has 0 spiro atoms. The summed E-state index contributed by atoms with van der Waals surface area (Å²) in [7, 11) is 0. The van der Waals surface area contributed by atoms with E-state index in [1.807, 2.05) is 0 Å². The maximum atomic E-state index is 13.1. The summed E-state index contributed by atoms with van der Waals surface area (Å²) in [5, 5.41) is 20.4. The van der Waals surface area contributed by atoms with Crippen molar-refractivity contribution < 1.29 is 4.39 Å². The predicted octanol–water partition coefficient (Wildman–Crippen LogP) is 2.29. The maximum Gasteiger partial charge on any atom is 0.237 e. The number of benzene rings is 1. The van der Waals surface area contributed by atoms with Crippen molar-refractivity contribution in [2.45, 2.75) is 0 Å². The third-order valence-electron chi connectivity index (χ3n) is 1.43. The molecule has 1 N–H and O–H groups in total. The van der Waals surface area contributed by atoms with Crippen molar-refractivity contribution in [2.75, 3.05) is 5.43 Å². The lowest BCUT2D eigenvalue weighted by atomic mass is 10.3. The van der Waals surface area contributed by atoms with Crippen LogP contribution in [0.15, 0.2) is 23.3 Å². The van der Waals surface area contributed by atoms with Gasteiger partial charge in [0.2, 0.25) is 5.71 Å². The van der Waals surface area contributed by atoms with E-state index in [4.69, 9.17) is 22.1 Å². The van der Waals surface area contributed by atoms with E-state index in [2.05, 4.69) is 10.5 Å². The molecule has 0 radical (unpaired) electrons. The molecule has 0 atom stereocenters. The van der Waals surface area contributed by atoms with Gasteiger partial charge in [0.05, 0.1) is 5.69 Å². The molecule has 0 saturated heterocycles. The summed E-state index contributed by atoms with van der Waals surface area (Å²) in [6.07, 6.45) is 0. The molecule has 0 fully saturated rings. The SMILES string of the molecule is N#CC(C#N)=NNc1ccc(Cl)cc1F. The fourth-order valence-corrected chi connectivity index (χ4v) is 0.930. The number of hydrogen-bond acceptors (Lipinski definition) is 4. The number of nitrogens with one attached hydrogen (secondary N) is 1. The molecule has 15 heavy (non-hydrogen) atoms. The summed E-state index contributed by atoms with van der Waals surface area (Å²) < 4.78 is 13.1. The second-order valence-corrected chi connectivity index (χ2v) is 2.86. The molecule has 0 aromatic heterocycles. The summed E-state index contributed by atoms with van der Waals surface area (Å²) in [6, 6.07) is 6.97. The molecule has 0 bridgehead atoms. The van der Waals surface area contributed by atoms with E-state index in [1.54, 1.807) is 0 Å². The van der Waals surface area contributed by atoms with Gasteiger partial charge in [-0.05, 0) is 18.2 Å². The van der Waals surface area contributed by atoms with E-state index in [-0.39, 0.29) is 16.4 Å². The Morgan fingerprint density at radius 1 is 1.40 bits per heavy atom. The van der Waals surface area contributed by atoms with Gasteiger partial charge >= 0.3 is 0 Å². The number of nitriles is 2. The maximum absolute atomic E-state index is 13.1. The van der Waals surface area contributed by atoms with Crippen molar-refractivity contribution in [3.05, 3.63) is 29.0 Å². The molecular weight excluding hydrogens is 219 g/mol. The predicted molar refractivity (Wildman–Crippen MR) is 53.7 cm³/mol. The summed E-state index contributed by atoms with van der Waals surface area (Å²) in [5.74, 6) is -0.610. The molecule has 1 aromatic rings. The zero-order valence-electron chi connectivity index (χ0n) is 7.33. The molecule has 0 amide bonds. The minimum atomic E-state index is -0.610. The number of rotatable bonds is 2. The van der Waals surface area contributed by atoms with Crippen molar-refractivity contribution in [1.29, 1.82) is 10.5 Å². The minimum absolute atomic E-state index is 0.0439. The van der Waals surface area contributed by atoms with Gasteiger partial charge in [0.1, 0.15) is 18.0 Å². The van der Waals surface area contributed by atoms with Gasteiger partial charge in [-0.3, -0.25) is 5.43 Å². The van der Waals surface area contributed by atoms with Crippen LogP contribution in [0.5, 0.6) is 0 Å². The molecule has 1 aromatic carbocycles. The van der Waals surface area contributed by atoms with E-state index in [9.17, 15) is 4.39 Å². The van der Waals surface area contributed by atoms with Crippen molar-refractivity contribution in [3.63, 3.8) is 0 Å². The topological polar surface area (TPSA) is 72.0 Å². The normalized spacial score (nSPS) is 8.53. The molecule has 0 heterocycles. The van der Waals surface area contributed by atoms with Gasteiger partial charge in [-0.1, -0.05) is 11.6 Å². The van der Waals surface area contributed by atoms with Gasteiger partial charge in [0, 0.05) is 5.02 Å². The first-order valence-electron chi connectivity index (χ1n) is 3.76. The zero-order chi connectivity index (χ0) is 11.3. The number of nitrogens with zero attached hydrogens (tertiary/aromatic N) is 3. The van der Waals surface area contributed by atoms with Gasteiger partial charge in [0.15, 0.2) is 0 Å². The summed E-state index contributed by atoms with van der Waals surface area (Å²) >= 11 is 5.53. The largest absolute Gasteiger partial charge is 0.274 e. The monoisotopic (exact) mass is 222 g/mol. The Morgan fingerprint density at radius 3 is 2.60 bits per heavy atom. The smallest absolute Gasteiger partial charge is 0.237 e. The quantitative estimate of drug-likeness (QED) is 0.616. The molecule has 4 nitrogen and oxygen atoms in total. The highest BCUT2D eigenvalue weighted by atomic mass is 35.5. The van der Waals surface area contributed by atoms with Crippen molar-refractivity contribution in [2.24, 2.45) is 5.10 Å². The van der Waals surface area contributed by atoms with Crippen LogP contribution in [0.2, 0.25) is 5.02 Å². The second kappa shape index (κ2) is 4.94. The van der Waals surface area contributed by atoms with Crippen LogP contribution >= 0.6 is 11.6 Å². The Kier molecular flexibility index (Phi) is 3.61. The van der Waals surface area contributed by atoms with E-state index in [0.29, 0.717) is 0 Å². The van der Waals surface area contributed by atoms with Crippen LogP contribution in [-0.4, -0.2) is 5.71 Å². The van der Waals surface area contributed by atoms with E-state index >= 15 is 0 Å². The Balaban J connectivity index is 2.89. The van der Waals surface area contributed by atoms with Crippen LogP contribution in [0.4, 0.5) is 10.1 Å². The summed E-state index contributed by atoms with van der Waals surface area (Å²) in [6.45, 7) is 0. The summed E-state index contributed by atoms with van der Waals surface area (Å²) in [4.78, 5) is 0. The highest BCUT2D eigenvalue weighted by Crippen LogP contribution is 2.18. The van der Waals surface area contributed by atoms with Crippen LogP contribution in [0, 0.1) is 28.5 Å². The third-order valence-corrected chi connectivity index (χ3v) is 1.67. The summed E-state index contributed by atoms with van der Waals surface area (Å²) in [5.41, 5.74) is 1.91. The Labute approximate surface area is 90.2 Å². The van der Waals surface area contributed by atoms with Crippen molar-refractivity contribution >= 4 is 23.0 Å². The van der Waals surface area contributed by atoms with E-state index in [1.165, 1.54) is 24.3 Å². The molecular formula is C9H4ClFN4. The lowest BCUT2D eigenvalue weighted by Crippen LogP contribution is -1.98. The van der Waals surface area contributed by atoms with Crippen molar-refractivity contribution in [1.82, 2.24) is 0 Å². The molecule has 0 aliphatic carbocycles. The van der Waals surface area contributed by atoms with Crippen molar-refractivity contribution in [3.8, 4) is 12.1 Å². The molecule has 0 aliphatic rings. The van der Waals surface area contributed by atoms with Crippen LogP contribution in [0.1, 0.15) is 0 Å². The average Bonchev–Trinajstić information content (AvgIpc) is 2.22. The van der Waals surface area contributed by atoms with Crippen LogP contribution < -0.4 is 5.43 Å². The number of hydrogen-bond donors (Lipinski definition) is 1. The number of anilines is 1. The van der Waals surface area contributed by atoms with Gasteiger partial charge in [0.25, 0.3) is 0 Å². The molecule has 74 valence electrons. The zero-order valence-corrected chi connectivity index (χ0v) is 8.09. The van der Waals surface area contributed by atoms with E-state index in [0.717, 1.165) is 6.07 Å². The fraction of sp³-hybridized carbons (Fsp3) is 0. The Bertz CT molecular complexity index is 468. The fourth-order valence-electron chi connectivity index (χ4n) is 0.771. The first-order chi connectivity index (χ1) is 7.17. The molecule has 0 aliphatic heterocycles. The standard InChI is InChI=1S/C9H4ClFN4/c10-6-1-2-9(8(11)3-6)15-14-7(4-12)5-13/h1-3,15H. The Morgan fingerprint density at radius 2 is 2.07 bits per heavy atom. The van der Waals surface area contributed by atoms with Gasteiger partial charge in [-0.25, -0.2) is 4.39 Å². The van der Waals surface area contributed by atoms with Crippen LogP contribution in [0.3, 0.4) is 0 Å². The number of halogens is 2. The first-order valence-corrected chi connectivity index (χ1v) is 4.14. The average molecular weight is 223 g/mol. The highest BCUT2D eigenvalue weighted by molar-refractivity contribution is 6.30. The minimum Gasteiger partial charge on any atom is -0.274 e. The van der Waals surface area contributed by atoms with Crippen LogP contribution in [-0.2, 0) is 0 Å². The van der Waals surface area contributed by atoms with E-state index < -0.39 is 5.82 Å². The van der Waals surface area contributed by atoms with Gasteiger partial charge in [-0.2, -0.15) is 15.6 Å². The third kappa shape index (κ3) is 2.94. The first kappa shape index (κ1) is 11.0. The number of hydrazone groups is 1. The van der Waals surface area contributed by atoms with Gasteiger partial charge in [-0.15, -0.1) is 0 Å². The molecule has 0 saturated carbocycles. The molecule has 1 rings (SSSR count). The second-order valence-electron chi connectivity index (χ2n) is 2.42. The lowest BCUT2D eigenvalue weighted by molar-refractivity contribution is 0.631. The Hall–Kier alpha value is -2.11. The van der Waals surface area contributed by atoms with Crippen LogP contribution in [0.25, 0.3) is 0 Å². The van der Waals surface area contributed by atoms with Gasteiger partial charge < -0.3 is 0 Å². The molecule has 6 heteroatoms. The molecule has 0 unspecified atom stereocenters. The lowest BCUT2D eigenvalue weighted by Gasteiger charge is -2.01. The highest BCUT2D eigenvalue weighted by Gasteiger charge is 2.01.